The lowest BCUT2D eigenvalue weighted by atomic mass is 9.87. The molecular weight excluding hydrogens is 328 g/mol. The molecule has 0 aliphatic carbocycles. The standard InChI is InChI=1S/C25H25N2/c1-25(2,3)16-19-10-12-27-13-11-21-8-9-22(15-23(21)24(27)14-19)20-6-4-18(17-26)5-7-20/h4-10,12,14-15H,11,13,16H2,1-3H3/q+1. The van der Waals surface area contributed by atoms with E-state index >= 15 is 0 Å². The molecule has 0 fully saturated rings. The molecule has 0 amide bonds. The van der Waals surface area contributed by atoms with Crippen LogP contribution in [0.15, 0.2) is 60.8 Å². The Hall–Kier alpha value is -2.92. The molecule has 1 aliphatic heterocycles. The van der Waals surface area contributed by atoms with Gasteiger partial charge in [-0.2, -0.15) is 9.83 Å². The zero-order valence-electron chi connectivity index (χ0n) is 16.3. The first-order valence-electron chi connectivity index (χ1n) is 9.59. The van der Waals surface area contributed by atoms with E-state index in [-0.39, 0.29) is 5.41 Å². The lowest BCUT2D eigenvalue weighted by molar-refractivity contribution is -0.687. The fourth-order valence-electron chi connectivity index (χ4n) is 3.91. The molecule has 2 heteroatoms. The number of nitriles is 1. The van der Waals surface area contributed by atoms with E-state index in [9.17, 15) is 0 Å². The third-order valence-electron chi connectivity index (χ3n) is 5.19. The lowest BCUT2D eigenvalue weighted by Crippen LogP contribution is -2.40. The average Bonchev–Trinajstić information content (AvgIpc) is 2.66. The minimum absolute atomic E-state index is 0.279. The second kappa shape index (κ2) is 6.67. The van der Waals surface area contributed by atoms with Crippen LogP contribution in [-0.4, -0.2) is 0 Å². The number of aromatic nitrogens is 1. The minimum Gasteiger partial charge on any atom is -0.198 e. The Labute approximate surface area is 161 Å². The number of pyridine rings is 1. The van der Waals surface area contributed by atoms with Crippen LogP contribution in [0.4, 0.5) is 0 Å². The van der Waals surface area contributed by atoms with Crippen molar-refractivity contribution in [3.05, 3.63) is 77.5 Å². The summed E-state index contributed by atoms with van der Waals surface area (Å²) in [4.78, 5) is 0. The molecule has 2 nitrogen and oxygen atoms in total. The minimum atomic E-state index is 0.279. The van der Waals surface area contributed by atoms with Crippen molar-refractivity contribution in [2.24, 2.45) is 5.41 Å². The lowest BCUT2D eigenvalue weighted by Gasteiger charge is -2.20. The summed E-state index contributed by atoms with van der Waals surface area (Å²) in [6.07, 6.45) is 4.39. The Morgan fingerprint density at radius 3 is 2.41 bits per heavy atom. The van der Waals surface area contributed by atoms with Crippen LogP contribution in [0.25, 0.3) is 22.4 Å². The van der Waals surface area contributed by atoms with Crippen LogP contribution in [-0.2, 0) is 19.4 Å². The highest BCUT2D eigenvalue weighted by molar-refractivity contribution is 5.73. The maximum Gasteiger partial charge on any atom is 0.213 e. The Morgan fingerprint density at radius 1 is 0.963 bits per heavy atom. The van der Waals surface area contributed by atoms with Crippen LogP contribution in [0.5, 0.6) is 0 Å². The van der Waals surface area contributed by atoms with Gasteiger partial charge in [0.1, 0.15) is 0 Å². The molecule has 134 valence electrons. The summed E-state index contributed by atoms with van der Waals surface area (Å²) in [5, 5.41) is 9.02. The largest absolute Gasteiger partial charge is 0.213 e. The number of nitrogens with zero attached hydrogens (tertiary/aromatic N) is 2. The molecule has 0 radical (unpaired) electrons. The quantitative estimate of drug-likeness (QED) is 0.573. The molecule has 1 aromatic heterocycles. The smallest absolute Gasteiger partial charge is 0.198 e. The average molecular weight is 353 g/mol. The van der Waals surface area contributed by atoms with E-state index < -0.39 is 0 Å². The molecule has 2 aromatic carbocycles. The number of hydrogen-bond acceptors (Lipinski definition) is 1. The third-order valence-corrected chi connectivity index (χ3v) is 5.19. The normalized spacial score (nSPS) is 12.8. The summed E-state index contributed by atoms with van der Waals surface area (Å²) >= 11 is 0. The summed E-state index contributed by atoms with van der Waals surface area (Å²) in [7, 11) is 0. The number of hydrogen-bond donors (Lipinski definition) is 0. The molecule has 0 N–H and O–H groups in total. The molecule has 0 atom stereocenters. The van der Waals surface area contributed by atoms with E-state index in [0.717, 1.165) is 24.9 Å². The summed E-state index contributed by atoms with van der Waals surface area (Å²) in [5.41, 5.74) is 8.79. The van der Waals surface area contributed by atoms with Gasteiger partial charge in [-0.15, -0.1) is 0 Å². The summed E-state index contributed by atoms with van der Waals surface area (Å²) < 4.78 is 2.37. The first-order valence-corrected chi connectivity index (χ1v) is 9.59. The first kappa shape index (κ1) is 17.5. The van der Waals surface area contributed by atoms with Gasteiger partial charge in [0.15, 0.2) is 12.7 Å². The SMILES string of the molecule is CC(C)(C)Cc1cc[n+]2c(c1)-c1cc(-c3ccc(C#N)cc3)ccc1CC2. The van der Waals surface area contributed by atoms with Crippen LogP contribution in [0.3, 0.4) is 0 Å². The molecule has 2 heterocycles. The second-order valence-electron chi connectivity index (χ2n) is 8.66. The van der Waals surface area contributed by atoms with Crippen molar-refractivity contribution in [3.8, 4) is 28.5 Å². The van der Waals surface area contributed by atoms with Crippen LogP contribution in [0.2, 0.25) is 0 Å². The summed E-state index contributed by atoms with van der Waals surface area (Å²) in [6, 6.07) is 21.4. The molecule has 0 spiro atoms. The van der Waals surface area contributed by atoms with Gasteiger partial charge < -0.3 is 0 Å². The van der Waals surface area contributed by atoms with Crippen LogP contribution in [0, 0.1) is 16.7 Å². The first-order chi connectivity index (χ1) is 12.9. The highest BCUT2D eigenvalue weighted by Crippen LogP contribution is 2.32. The second-order valence-corrected chi connectivity index (χ2v) is 8.66. The molecule has 1 aliphatic rings. The van der Waals surface area contributed by atoms with Crippen LogP contribution < -0.4 is 4.57 Å². The molecule has 0 saturated carbocycles. The zero-order valence-corrected chi connectivity index (χ0v) is 16.3. The monoisotopic (exact) mass is 353 g/mol. The summed E-state index contributed by atoms with van der Waals surface area (Å²) in [5.74, 6) is 0. The Kier molecular flexibility index (Phi) is 4.32. The predicted octanol–water partition coefficient (Wildman–Crippen LogP) is 5.32. The van der Waals surface area contributed by atoms with Gasteiger partial charge in [-0.3, -0.25) is 0 Å². The van der Waals surface area contributed by atoms with Gasteiger partial charge in [0.25, 0.3) is 0 Å². The van der Waals surface area contributed by atoms with E-state index in [1.54, 1.807) is 0 Å². The highest BCUT2D eigenvalue weighted by Gasteiger charge is 2.24. The number of fused-ring (bicyclic) bond motifs is 3. The van der Waals surface area contributed by atoms with E-state index in [1.807, 2.05) is 24.3 Å². The maximum absolute atomic E-state index is 9.02. The highest BCUT2D eigenvalue weighted by atomic mass is 15.0. The van der Waals surface area contributed by atoms with Crippen molar-refractivity contribution in [1.82, 2.24) is 0 Å². The van der Waals surface area contributed by atoms with E-state index in [4.69, 9.17) is 5.26 Å². The molecule has 27 heavy (non-hydrogen) atoms. The van der Waals surface area contributed by atoms with Gasteiger partial charge >= 0.3 is 0 Å². The molecular formula is C25H25N2+. The van der Waals surface area contributed by atoms with Gasteiger partial charge in [0.05, 0.1) is 17.2 Å². The predicted molar refractivity (Wildman–Crippen MR) is 109 cm³/mol. The van der Waals surface area contributed by atoms with Crippen LogP contribution in [0.1, 0.15) is 37.5 Å². The molecule has 0 saturated heterocycles. The molecule has 3 aromatic rings. The van der Waals surface area contributed by atoms with Gasteiger partial charge in [0, 0.05) is 18.6 Å². The molecule has 0 unspecified atom stereocenters. The fraction of sp³-hybridized carbons (Fsp3) is 0.280. The zero-order chi connectivity index (χ0) is 19.0. The van der Waals surface area contributed by atoms with Crippen molar-refractivity contribution in [3.63, 3.8) is 0 Å². The number of benzene rings is 2. The van der Waals surface area contributed by atoms with Crippen molar-refractivity contribution in [1.29, 1.82) is 5.26 Å². The fourth-order valence-corrected chi connectivity index (χ4v) is 3.91. The van der Waals surface area contributed by atoms with Crippen LogP contribution >= 0.6 is 0 Å². The Balaban J connectivity index is 1.77. The van der Waals surface area contributed by atoms with Crippen molar-refractivity contribution < 1.29 is 4.57 Å². The van der Waals surface area contributed by atoms with Gasteiger partial charge in [-0.25, -0.2) is 0 Å². The molecule has 0 bridgehead atoms. The van der Waals surface area contributed by atoms with E-state index in [0.29, 0.717) is 5.56 Å². The summed E-state index contributed by atoms with van der Waals surface area (Å²) in [6.45, 7) is 7.90. The number of rotatable bonds is 2. The van der Waals surface area contributed by atoms with E-state index in [1.165, 1.54) is 27.9 Å². The molecule has 4 rings (SSSR count). The van der Waals surface area contributed by atoms with E-state index in [2.05, 4.69) is 67.9 Å². The van der Waals surface area contributed by atoms with Gasteiger partial charge in [-0.05, 0) is 52.3 Å². The van der Waals surface area contributed by atoms with Gasteiger partial charge in [0.2, 0.25) is 5.69 Å². The maximum atomic E-state index is 9.02. The topological polar surface area (TPSA) is 27.7 Å². The van der Waals surface area contributed by atoms with Gasteiger partial charge in [-0.1, -0.05) is 45.0 Å². The van der Waals surface area contributed by atoms with Crippen molar-refractivity contribution in [2.45, 2.75) is 40.2 Å². The third kappa shape index (κ3) is 3.64. The Bertz CT molecular complexity index is 1030. The number of aryl methyl sites for hydroxylation is 2. The Morgan fingerprint density at radius 2 is 1.70 bits per heavy atom. The van der Waals surface area contributed by atoms with Crippen molar-refractivity contribution >= 4 is 0 Å². The van der Waals surface area contributed by atoms with Crippen molar-refractivity contribution in [2.75, 3.05) is 0 Å².